The molecule has 3 aromatic rings. The fraction of sp³-hybridized carbons (Fsp3) is 0.417. The molecule has 2 heterocycles. The van der Waals surface area contributed by atoms with Crippen LogP contribution in [-0.2, 0) is 29.7 Å². The number of nitrogens with one attached hydrogen (secondary N) is 1. The van der Waals surface area contributed by atoms with Crippen LogP contribution in [0.4, 0.5) is 5.00 Å². The molecule has 1 aliphatic rings. The molecule has 0 saturated heterocycles. The summed E-state index contributed by atoms with van der Waals surface area (Å²) in [5, 5.41) is 21.7. The first-order chi connectivity index (χ1) is 16.3. The lowest BCUT2D eigenvalue weighted by Gasteiger charge is -2.19. The van der Waals surface area contributed by atoms with E-state index < -0.39 is 0 Å². The number of aromatic nitrogens is 3. The Morgan fingerprint density at radius 3 is 2.71 bits per heavy atom. The Balaban J connectivity index is 1.32. The van der Waals surface area contributed by atoms with Crippen molar-refractivity contribution in [3.05, 3.63) is 51.7 Å². The van der Waals surface area contributed by atoms with E-state index in [1.54, 1.807) is 0 Å². The van der Waals surface area contributed by atoms with E-state index in [9.17, 15) is 10.1 Å². The Morgan fingerprint density at radius 1 is 1.26 bits per heavy atom. The van der Waals surface area contributed by atoms with Gasteiger partial charge in [-0.15, -0.1) is 21.5 Å². The molecule has 0 aliphatic heterocycles. The molecule has 178 valence electrons. The van der Waals surface area contributed by atoms with Crippen molar-refractivity contribution >= 4 is 34.0 Å². The zero-order valence-corrected chi connectivity index (χ0v) is 21.2. The maximum absolute atomic E-state index is 12.5. The molecule has 34 heavy (non-hydrogen) atoms. The standard InChI is InChI=1S/C24H28N6O2S2/c1-24(2,3)15-8-10-16(11-9-15)32-13-20-28-29-23(30(20)26)33-14-21(31)27-22-18(12-25)17-6-4-5-7-19(17)34-22/h8-11H,4-7,13-14,26H2,1-3H3,(H,27,31). The molecule has 4 rings (SSSR count). The number of carbonyl (C=O) groups excluding carboxylic acids is 1. The number of nitrogens with two attached hydrogens (primary N) is 1. The third kappa shape index (κ3) is 5.37. The molecular weight excluding hydrogens is 468 g/mol. The number of nitrogens with zero attached hydrogens (tertiary/aromatic N) is 4. The van der Waals surface area contributed by atoms with E-state index in [2.05, 4.69) is 42.4 Å². The summed E-state index contributed by atoms with van der Waals surface area (Å²) in [4.78, 5) is 13.7. The van der Waals surface area contributed by atoms with Gasteiger partial charge in [0.1, 0.15) is 23.4 Å². The number of amides is 1. The minimum absolute atomic E-state index is 0.0768. The lowest BCUT2D eigenvalue weighted by molar-refractivity contribution is -0.113. The summed E-state index contributed by atoms with van der Waals surface area (Å²) in [7, 11) is 0. The summed E-state index contributed by atoms with van der Waals surface area (Å²) in [6.07, 6.45) is 4.09. The number of aryl methyl sites for hydroxylation is 1. The van der Waals surface area contributed by atoms with Crippen molar-refractivity contribution in [1.29, 1.82) is 5.26 Å². The van der Waals surface area contributed by atoms with Crippen molar-refractivity contribution in [1.82, 2.24) is 14.9 Å². The number of carbonyl (C=O) groups is 1. The molecule has 1 amide bonds. The fourth-order valence-electron chi connectivity index (χ4n) is 3.77. The van der Waals surface area contributed by atoms with Crippen molar-refractivity contribution in [3.63, 3.8) is 0 Å². The molecule has 1 aliphatic carbocycles. The molecule has 3 N–H and O–H groups in total. The Labute approximate surface area is 207 Å². The Morgan fingerprint density at radius 2 is 2.00 bits per heavy atom. The maximum Gasteiger partial charge on any atom is 0.235 e. The van der Waals surface area contributed by atoms with Crippen LogP contribution in [0.1, 0.15) is 61.0 Å². The number of thioether (sulfide) groups is 1. The van der Waals surface area contributed by atoms with Gasteiger partial charge in [-0.3, -0.25) is 4.79 Å². The van der Waals surface area contributed by atoms with Crippen LogP contribution in [0.15, 0.2) is 29.4 Å². The predicted molar refractivity (Wildman–Crippen MR) is 135 cm³/mol. The summed E-state index contributed by atoms with van der Waals surface area (Å²) in [5.74, 6) is 7.20. The summed E-state index contributed by atoms with van der Waals surface area (Å²) in [6, 6.07) is 10.2. The molecule has 0 fully saturated rings. The monoisotopic (exact) mass is 496 g/mol. The lowest BCUT2D eigenvalue weighted by atomic mass is 9.87. The highest BCUT2D eigenvalue weighted by Crippen LogP contribution is 2.37. The van der Waals surface area contributed by atoms with Gasteiger partial charge in [0.15, 0.2) is 5.82 Å². The first-order valence-electron chi connectivity index (χ1n) is 11.2. The third-order valence-electron chi connectivity index (χ3n) is 5.69. The van der Waals surface area contributed by atoms with Crippen molar-refractivity contribution in [2.45, 2.75) is 63.6 Å². The lowest BCUT2D eigenvalue weighted by Crippen LogP contribution is -2.18. The second kappa shape index (κ2) is 10.1. The largest absolute Gasteiger partial charge is 0.486 e. The van der Waals surface area contributed by atoms with Crippen LogP contribution < -0.4 is 15.9 Å². The Hall–Kier alpha value is -3.03. The van der Waals surface area contributed by atoms with E-state index in [4.69, 9.17) is 10.6 Å². The number of nitrogen functional groups attached to an aromatic ring is 1. The first kappa shape index (κ1) is 24.1. The van der Waals surface area contributed by atoms with Crippen molar-refractivity contribution in [2.75, 3.05) is 16.9 Å². The van der Waals surface area contributed by atoms with Gasteiger partial charge in [-0.25, -0.2) is 4.68 Å². The summed E-state index contributed by atoms with van der Waals surface area (Å²) >= 11 is 2.70. The number of ether oxygens (including phenoxy) is 1. The van der Waals surface area contributed by atoms with Gasteiger partial charge in [-0.05, 0) is 54.4 Å². The number of rotatable bonds is 7. The molecule has 0 unspecified atom stereocenters. The molecule has 8 nitrogen and oxygen atoms in total. The van der Waals surface area contributed by atoms with Gasteiger partial charge in [0.05, 0.1) is 11.3 Å². The second-order valence-corrected chi connectivity index (χ2v) is 11.2. The van der Waals surface area contributed by atoms with Crippen molar-refractivity contribution in [2.24, 2.45) is 0 Å². The van der Waals surface area contributed by atoms with Gasteiger partial charge < -0.3 is 15.9 Å². The number of hydrogen-bond donors (Lipinski definition) is 2. The SMILES string of the molecule is CC(C)(C)c1ccc(OCc2nnc(SCC(=O)Nc3sc4c(c3C#N)CCCC4)n2N)cc1. The highest BCUT2D eigenvalue weighted by molar-refractivity contribution is 7.99. The molecule has 0 bridgehead atoms. The highest BCUT2D eigenvalue weighted by atomic mass is 32.2. The number of hydrogen-bond acceptors (Lipinski definition) is 8. The van der Waals surface area contributed by atoms with Crippen LogP contribution >= 0.6 is 23.1 Å². The molecule has 0 radical (unpaired) electrons. The maximum atomic E-state index is 12.5. The normalized spacial score (nSPS) is 13.2. The molecule has 10 heteroatoms. The van der Waals surface area contributed by atoms with Crippen LogP contribution in [0, 0.1) is 11.3 Å². The summed E-state index contributed by atoms with van der Waals surface area (Å²) in [6.45, 7) is 6.65. The van der Waals surface area contributed by atoms with Crippen LogP contribution in [0.3, 0.4) is 0 Å². The average molecular weight is 497 g/mol. The predicted octanol–water partition coefficient (Wildman–Crippen LogP) is 4.41. The van der Waals surface area contributed by atoms with Gasteiger partial charge in [0, 0.05) is 4.88 Å². The third-order valence-corrected chi connectivity index (χ3v) is 7.84. The van der Waals surface area contributed by atoms with E-state index in [0.717, 1.165) is 37.0 Å². The molecule has 2 aromatic heterocycles. The van der Waals surface area contributed by atoms with Crippen LogP contribution in [0.5, 0.6) is 5.75 Å². The first-order valence-corrected chi connectivity index (χ1v) is 13.0. The van der Waals surface area contributed by atoms with Crippen molar-refractivity contribution in [3.8, 4) is 11.8 Å². The van der Waals surface area contributed by atoms with Gasteiger partial charge in [-0.1, -0.05) is 44.7 Å². The van der Waals surface area contributed by atoms with Crippen LogP contribution in [-0.4, -0.2) is 26.5 Å². The minimum atomic E-state index is -0.208. The van der Waals surface area contributed by atoms with E-state index in [1.807, 2.05) is 24.3 Å². The quantitative estimate of drug-likeness (QED) is 0.367. The number of benzene rings is 1. The number of thiophene rings is 1. The molecule has 0 atom stereocenters. The zero-order valence-electron chi connectivity index (χ0n) is 19.6. The summed E-state index contributed by atoms with van der Waals surface area (Å²) in [5.41, 5.74) is 3.01. The van der Waals surface area contributed by atoms with Crippen LogP contribution in [0.2, 0.25) is 0 Å². The van der Waals surface area contributed by atoms with Crippen LogP contribution in [0.25, 0.3) is 0 Å². The average Bonchev–Trinajstić information content (AvgIpc) is 3.34. The molecule has 1 aromatic carbocycles. The van der Waals surface area contributed by atoms with E-state index in [0.29, 0.717) is 21.5 Å². The van der Waals surface area contributed by atoms with Crippen molar-refractivity contribution < 1.29 is 9.53 Å². The Bertz CT molecular complexity index is 1220. The molecule has 0 saturated carbocycles. The number of anilines is 1. The van der Waals surface area contributed by atoms with E-state index in [1.165, 1.54) is 38.2 Å². The molecule has 0 spiro atoms. The van der Waals surface area contributed by atoms with Gasteiger partial charge in [0.25, 0.3) is 0 Å². The topological polar surface area (TPSA) is 119 Å². The smallest absolute Gasteiger partial charge is 0.235 e. The van der Waals surface area contributed by atoms with E-state index >= 15 is 0 Å². The van der Waals surface area contributed by atoms with Gasteiger partial charge >= 0.3 is 0 Å². The Kier molecular flexibility index (Phi) is 7.14. The van der Waals surface area contributed by atoms with E-state index in [-0.39, 0.29) is 23.7 Å². The minimum Gasteiger partial charge on any atom is -0.486 e. The fourth-order valence-corrected chi connectivity index (χ4v) is 5.70. The molecular formula is C24H28N6O2S2. The van der Waals surface area contributed by atoms with Gasteiger partial charge in [-0.2, -0.15) is 5.26 Å². The zero-order chi connectivity index (χ0) is 24.3. The summed E-state index contributed by atoms with van der Waals surface area (Å²) < 4.78 is 7.14. The van der Waals surface area contributed by atoms with Gasteiger partial charge in [0.2, 0.25) is 11.1 Å². The number of nitriles is 1. The number of fused-ring (bicyclic) bond motifs is 1. The second-order valence-electron chi connectivity index (χ2n) is 9.20. The highest BCUT2D eigenvalue weighted by Gasteiger charge is 2.22.